The number of fused-ring (bicyclic) bond motifs is 1. The molecular weight excluding hydrogens is 370 g/mol. The summed E-state index contributed by atoms with van der Waals surface area (Å²) in [4.78, 5) is 25.4. The van der Waals surface area contributed by atoms with Gasteiger partial charge in [-0.25, -0.2) is 4.68 Å². The summed E-state index contributed by atoms with van der Waals surface area (Å²) in [6.07, 6.45) is 1.56. The zero-order valence-electron chi connectivity index (χ0n) is 17.0. The molecule has 1 aromatic heterocycles. The normalized spacial score (nSPS) is 12.0. The zero-order chi connectivity index (χ0) is 21.0. The molecule has 152 valence electrons. The molecule has 0 aliphatic heterocycles. The topological polar surface area (TPSA) is 82.5 Å². The third kappa shape index (κ3) is 4.74. The van der Waals surface area contributed by atoms with E-state index in [1.54, 1.807) is 37.6 Å². The molecule has 0 aliphatic rings. The number of methoxy groups -OCH3 is 1. The van der Waals surface area contributed by atoms with Gasteiger partial charge >= 0.3 is 0 Å². The molecule has 0 fully saturated rings. The van der Waals surface area contributed by atoms with Crippen LogP contribution in [0.2, 0.25) is 0 Å². The van der Waals surface area contributed by atoms with Crippen molar-refractivity contribution in [3.8, 4) is 11.5 Å². The van der Waals surface area contributed by atoms with Crippen molar-refractivity contribution in [2.24, 2.45) is 0 Å². The van der Waals surface area contributed by atoms with Crippen molar-refractivity contribution in [2.45, 2.75) is 39.5 Å². The second-order valence-electron chi connectivity index (χ2n) is 7.12. The Kier molecular flexibility index (Phi) is 6.16. The van der Waals surface area contributed by atoms with E-state index in [9.17, 15) is 9.59 Å². The van der Waals surface area contributed by atoms with E-state index in [0.29, 0.717) is 22.4 Å². The van der Waals surface area contributed by atoms with E-state index in [2.05, 4.69) is 10.4 Å². The maximum Gasteiger partial charge on any atom is 0.274 e. The van der Waals surface area contributed by atoms with Crippen LogP contribution in [0.25, 0.3) is 10.8 Å². The Hall–Kier alpha value is -3.35. The van der Waals surface area contributed by atoms with Gasteiger partial charge < -0.3 is 14.8 Å². The fourth-order valence-corrected chi connectivity index (χ4v) is 3.03. The van der Waals surface area contributed by atoms with Crippen molar-refractivity contribution in [1.82, 2.24) is 15.1 Å². The highest BCUT2D eigenvalue weighted by Crippen LogP contribution is 2.26. The second kappa shape index (κ2) is 8.77. The molecule has 0 spiro atoms. The number of aromatic nitrogens is 2. The molecule has 1 N–H and O–H groups in total. The van der Waals surface area contributed by atoms with Crippen LogP contribution in [0.3, 0.4) is 0 Å². The van der Waals surface area contributed by atoms with Gasteiger partial charge in [0.05, 0.1) is 36.9 Å². The lowest BCUT2D eigenvalue weighted by molar-refractivity contribution is 0.0929. The number of ether oxygens (including phenoxy) is 2. The quantitative estimate of drug-likeness (QED) is 0.665. The first-order valence-corrected chi connectivity index (χ1v) is 9.49. The molecule has 0 radical (unpaired) electrons. The van der Waals surface area contributed by atoms with Crippen LogP contribution in [0.15, 0.2) is 53.5 Å². The van der Waals surface area contributed by atoms with Crippen molar-refractivity contribution < 1.29 is 14.3 Å². The van der Waals surface area contributed by atoms with Crippen LogP contribution in [-0.4, -0.2) is 34.9 Å². The average molecular weight is 395 g/mol. The summed E-state index contributed by atoms with van der Waals surface area (Å²) in [5.74, 6) is 0.770. The molecule has 0 aliphatic carbocycles. The number of rotatable bonds is 7. The van der Waals surface area contributed by atoms with E-state index in [1.807, 2.05) is 39.0 Å². The van der Waals surface area contributed by atoms with Crippen molar-refractivity contribution in [3.63, 3.8) is 0 Å². The van der Waals surface area contributed by atoms with Gasteiger partial charge in [-0.3, -0.25) is 9.59 Å². The zero-order valence-corrected chi connectivity index (χ0v) is 17.0. The van der Waals surface area contributed by atoms with Gasteiger partial charge in [0.1, 0.15) is 11.5 Å². The number of hydrogen-bond donors (Lipinski definition) is 1. The van der Waals surface area contributed by atoms with Gasteiger partial charge in [-0.15, -0.1) is 0 Å². The summed E-state index contributed by atoms with van der Waals surface area (Å²) in [7, 11) is 1.56. The van der Waals surface area contributed by atoms with Crippen LogP contribution in [0.1, 0.15) is 31.1 Å². The van der Waals surface area contributed by atoms with Crippen molar-refractivity contribution in [2.75, 3.05) is 7.11 Å². The fraction of sp³-hybridized carbons (Fsp3) is 0.318. The minimum absolute atomic E-state index is 0.0912. The molecule has 2 aromatic carbocycles. The number of nitrogens with one attached hydrogen (secondary N) is 1. The van der Waals surface area contributed by atoms with Crippen LogP contribution < -0.4 is 20.3 Å². The van der Waals surface area contributed by atoms with Gasteiger partial charge in [0.15, 0.2) is 0 Å². The molecule has 0 bridgehead atoms. The van der Waals surface area contributed by atoms with Crippen LogP contribution in [0.4, 0.5) is 0 Å². The molecule has 7 nitrogen and oxygen atoms in total. The highest BCUT2D eigenvalue weighted by atomic mass is 16.5. The van der Waals surface area contributed by atoms with Crippen molar-refractivity contribution in [3.05, 3.63) is 64.6 Å². The van der Waals surface area contributed by atoms with Crippen LogP contribution in [-0.2, 0) is 6.54 Å². The molecule has 1 heterocycles. The molecule has 1 atom stereocenters. The Morgan fingerprint density at radius 3 is 2.66 bits per heavy atom. The first kappa shape index (κ1) is 20.4. The van der Waals surface area contributed by atoms with E-state index in [1.165, 1.54) is 4.68 Å². The number of amides is 1. The Bertz CT molecular complexity index is 1080. The lowest BCUT2D eigenvalue weighted by Gasteiger charge is -2.18. The lowest BCUT2D eigenvalue weighted by atomic mass is 10.1. The van der Waals surface area contributed by atoms with E-state index >= 15 is 0 Å². The van der Waals surface area contributed by atoms with Crippen LogP contribution in [0, 0.1) is 0 Å². The molecular formula is C22H25N3O4. The number of carbonyl (C=O) groups excluding carboxylic acids is 1. The van der Waals surface area contributed by atoms with Gasteiger partial charge in [0, 0.05) is 17.5 Å². The SMILES string of the molecule is COc1ccc(C(=O)N[C@H](C)Cn2ncc3ccccc3c2=O)c(OC(C)C)c1. The third-order valence-corrected chi connectivity index (χ3v) is 4.38. The summed E-state index contributed by atoms with van der Waals surface area (Å²) in [6, 6.07) is 12.0. The lowest BCUT2D eigenvalue weighted by Crippen LogP contribution is -2.39. The summed E-state index contributed by atoms with van der Waals surface area (Å²) < 4.78 is 12.4. The highest BCUT2D eigenvalue weighted by Gasteiger charge is 2.18. The van der Waals surface area contributed by atoms with Gasteiger partial charge in [-0.2, -0.15) is 5.10 Å². The second-order valence-corrected chi connectivity index (χ2v) is 7.12. The average Bonchev–Trinajstić information content (AvgIpc) is 2.69. The Morgan fingerprint density at radius 2 is 1.93 bits per heavy atom. The molecule has 0 saturated heterocycles. The number of nitrogens with zero attached hydrogens (tertiary/aromatic N) is 2. The molecule has 7 heteroatoms. The summed E-state index contributed by atoms with van der Waals surface area (Å²) in [5, 5.41) is 8.52. The molecule has 0 saturated carbocycles. The van der Waals surface area contributed by atoms with E-state index in [-0.39, 0.29) is 30.2 Å². The number of hydrogen-bond acceptors (Lipinski definition) is 5. The molecule has 0 unspecified atom stereocenters. The molecule has 3 rings (SSSR count). The Labute approximate surface area is 169 Å². The maximum absolute atomic E-state index is 12.8. The molecule has 29 heavy (non-hydrogen) atoms. The minimum atomic E-state index is -0.317. The monoisotopic (exact) mass is 395 g/mol. The predicted octanol–water partition coefficient (Wildman–Crippen LogP) is 3.01. The van der Waals surface area contributed by atoms with Crippen LogP contribution >= 0.6 is 0 Å². The largest absolute Gasteiger partial charge is 0.497 e. The van der Waals surface area contributed by atoms with E-state index < -0.39 is 0 Å². The first-order valence-electron chi connectivity index (χ1n) is 9.49. The first-order chi connectivity index (χ1) is 13.9. The van der Waals surface area contributed by atoms with Gasteiger partial charge in [0.25, 0.3) is 11.5 Å². The third-order valence-electron chi connectivity index (χ3n) is 4.38. The minimum Gasteiger partial charge on any atom is -0.497 e. The summed E-state index contributed by atoms with van der Waals surface area (Å²) in [6.45, 7) is 5.86. The predicted molar refractivity (Wildman–Crippen MR) is 112 cm³/mol. The standard InChI is InChI=1S/C22H25N3O4/c1-14(2)29-20-11-17(28-4)9-10-19(20)21(26)24-15(3)13-25-22(27)18-8-6-5-7-16(18)12-23-25/h5-12,14-15H,13H2,1-4H3,(H,24,26)/t15-/m1/s1. The molecule has 3 aromatic rings. The smallest absolute Gasteiger partial charge is 0.274 e. The summed E-state index contributed by atoms with van der Waals surface area (Å²) in [5.41, 5.74) is 0.225. The van der Waals surface area contributed by atoms with E-state index in [4.69, 9.17) is 9.47 Å². The van der Waals surface area contributed by atoms with Crippen molar-refractivity contribution >= 4 is 16.7 Å². The molecule has 1 amide bonds. The van der Waals surface area contributed by atoms with E-state index in [0.717, 1.165) is 5.39 Å². The number of carbonyl (C=O) groups is 1. The Balaban J connectivity index is 1.77. The summed E-state index contributed by atoms with van der Waals surface area (Å²) >= 11 is 0. The Morgan fingerprint density at radius 1 is 1.17 bits per heavy atom. The van der Waals surface area contributed by atoms with Gasteiger partial charge in [-0.1, -0.05) is 18.2 Å². The van der Waals surface area contributed by atoms with Gasteiger partial charge in [0.2, 0.25) is 0 Å². The van der Waals surface area contributed by atoms with Gasteiger partial charge in [-0.05, 0) is 39.0 Å². The highest BCUT2D eigenvalue weighted by molar-refractivity contribution is 5.97. The fourth-order valence-electron chi connectivity index (χ4n) is 3.03. The number of benzene rings is 2. The van der Waals surface area contributed by atoms with Crippen molar-refractivity contribution in [1.29, 1.82) is 0 Å². The maximum atomic E-state index is 12.8. The van der Waals surface area contributed by atoms with Crippen LogP contribution in [0.5, 0.6) is 11.5 Å².